The van der Waals surface area contributed by atoms with E-state index in [-0.39, 0.29) is 9.52 Å². The average molecular weight is 117 g/mol. The van der Waals surface area contributed by atoms with E-state index in [1.54, 1.807) is 0 Å². The van der Waals surface area contributed by atoms with Gasteiger partial charge in [-0.25, -0.2) is 0 Å². The van der Waals surface area contributed by atoms with E-state index in [1.165, 1.54) is 12.7 Å². The average Bonchev–Trinajstić information content (AvgIpc) is 1.68. The van der Waals surface area contributed by atoms with Crippen molar-refractivity contribution in [3.05, 3.63) is 0 Å². The third-order valence-electron chi connectivity index (χ3n) is 1.15. The summed E-state index contributed by atoms with van der Waals surface area (Å²) in [5, 5.41) is 0. The molecule has 0 N–H and O–H groups in total. The van der Waals surface area contributed by atoms with Gasteiger partial charge in [0.15, 0.2) is 0 Å². The van der Waals surface area contributed by atoms with Crippen LogP contribution in [0.3, 0.4) is 0 Å². The van der Waals surface area contributed by atoms with Gasteiger partial charge in [0.25, 0.3) is 0 Å². The second-order valence-electron chi connectivity index (χ2n) is 1.90. The van der Waals surface area contributed by atoms with Crippen LogP contribution in [0.2, 0.25) is 6.55 Å². The van der Waals surface area contributed by atoms with Gasteiger partial charge in [-0.3, -0.25) is 0 Å². The second-order valence-corrected chi connectivity index (χ2v) is 3.34. The van der Waals surface area contributed by atoms with E-state index < -0.39 is 0 Å². The molecule has 0 aromatic rings. The van der Waals surface area contributed by atoms with Gasteiger partial charge in [0.2, 0.25) is 0 Å². The summed E-state index contributed by atoms with van der Waals surface area (Å²) in [7, 11) is 2.46. The molecule has 0 unspecified atom stereocenters. The Kier molecular flexibility index (Phi) is 4.45. The first kappa shape index (κ1) is 7.18. The zero-order valence-electron chi connectivity index (χ0n) is 5.57. The summed E-state index contributed by atoms with van der Waals surface area (Å²) < 4.78 is 0. The molecule has 0 aliphatic rings. The molecular formula is C5H15NSi. The van der Waals surface area contributed by atoms with Crippen LogP contribution in [-0.4, -0.2) is 34.2 Å². The molecule has 0 fully saturated rings. The Morgan fingerprint density at radius 2 is 2.14 bits per heavy atom. The van der Waals surface area contributed by atoms with Crippen LogP contribution in [0.5, 0.6) is 0 Å². The standard InChI is InChI=1S/C5H15NSi/c1-4-6(2)5-7-3/h4-5,7H2,1-3H3. The first-order chi connectivity index (χ1) is 3.31. The Morgan fingerprint density at radius 1 is 1.57 bits per heavy atom. The van der Waals surface area contributed by atoms with Crippen LogP contribution in [0.15, 0.2) is 0 Å². The Balaban J connectivity index is 2.83. The van der Waals surface area contributed by atoms with Crippen LogP contribution in [0.1, 0.15) is 6.92 Å². The summed E-state index contributed by atoms with van der Waals surface area (Å²) in [4.78, 5) is 2.37. The van der Waals surface area contributed by atoms with Crippen molar-refractivity contribution in [1.82, 2.24) is 4.90 Å². The maximum Gasteiger partial charge on any atom is 0.0338 e. The van der Waals surface area contributed by atoms with Crippen LogP contribution in [0.25, 0.3) is 0 Å². The normalized spacial score (nSPS) is 12.0. The summed E-state index contributed by atoms with van der Waals surface area (Å²) in [6, 6.07) is 0. The Morgan fingerprint density at radius 3 is 2.29 bits per heavy atom. The minimum Gasteiger partial charge on any atom is -0.310 e. The van der Waals surface area contributed by atoms with Crippen LogP contribution in [0.4, 0.5) is 0 Å². The van der Waals surface area contributed by atoms with E-state index in [0.29, 0.717) is 0 Å². The van der Waals surface area contributed by atoms with Crippen molar-refractivity contribution < 1.29 is 0 Å². The highest BCUT2D eigenvalue weighted by Gasteiger charge is 1.87. The topological polar surface area (TPSA) is 3.24 Å². The fourth-order valence-electron chi connectivity index (χ4n) is 0.540. The fourth-order valence-corrected chi connectivity index (χ4v) is 1.62. The zero-order chi connectivity index (χ0) is 5.70. The van der Waals surface area contributed by atoms with E-state index in [4.69, 9.17) is 0 Å². The molecule has 0 saturated carbocycles. The van der Waals surface area contributed by atoms with Crippen molar-refractivity contribution >= 4 is 9.52 Å². The Hall–Kier alpha value is 0.177. The van der Waals surface area contributed by atoms with E-state index in [0.717, 1.165) is 0 Å². The third-order valence-corrected chi connectivity index (χ3v) is 2.36. The van der Waals surface area contributed by atoms with Gasteiger partial charge in [0.1, 0.15) is 0 Å². The largest absolute Gasteiger partial charge is 0.310 e. The molecule has 1 nitrogen and oxygen atoms in total. The molecule has 0 aromatic carbocycles. The number of rotatable bonds is 3. The van der Waals surface area contributed by atoms with Gasteiger partial charge in [-0.05, 0) is 19.8 Å². The molecule has 0 saturated heterocycles. The molecule has 44 valence electrons. The predicted octanol–water partition coefficient (Wildman–Crippen LogP) is 0.112. The Labute approximate surface area is 48.5 Å². The van der Waals surface area contributed by atoms with Crippen LogP contribution in [0, 0.1) is 0 Å². The van der Waals surface area contributed by atoms with Gasteiger partial charge in [0.05, 0.1) is 0 Å². The highest BCUT2D eigenvalue weighted by molar-refractivity contribution is 6.33. The summed E-state index contributed by atoms with van der Waals surface area (Å²) in [5.41, 5.74) is 0. The van der Waals surface area contributed by atoms with E-state index >= 15 is 0 Å². The number of nitrogens with zero attached hydrogens (tertiary/aromatic N) is 1. The maximum atomic E-state index is 2.37. The van der Waals surface area contributed by atoms with Gasteiger partial charge in [-0.2, -0.15) is 0 Å². The van der Waals surface area contributed by atoms with Crippen molar-refractivity contribution in [3.63, 3.8) is 0 Å². The van der Waals surface area contributed by atoms with E-state index in [9.17, 15) is 0 Å². The minimum absolute atomic E-state index is 0.281. The van der Waals surface area contributed by atoms with E-state index in [1.807, 2.05) is 0 Å². The molecule has 0 amide bonds. The molecule has 0 heterocycles. The van der Waals surface area contributed by atoms with Gasteiger partial charge in [-0.1, -0.05) is 13.5 Å². The molecule has 0 atom stereocenters. The summed E-state index contributed by atoms with van der Waals surface area (Å²) >= 11 is 0. The van der Waals surface area contributed by atoms with Crippen molar-refractivity contribution in [2.24, 2.45) is 0 Å². The summed E-state index contributed by atoms with van der Waals surface area (Å²) in [6.07, 6.45) is 1.37. The predicted molar refractivity (Wildman–Crippen MR) is 37.6 cm³/mol. The molecule has 0 rings (SSSR count). The van der Waals surface area contributed by atoms with Gasteiger partial charge in [-0.15, -0.1) is 0 Å². The highest BCUT2D eigenvalue weighted by Crippen LogP contribution is 1.75. The first-order valence-electron chi connectivity index (χ1n) is 2.99. The molecule has 0 aromatic heterocycles. The van der Waals surface area contributed by atoms with Crippen LogP contribution < -0.4 is 0 Å². The molecule has 2 heteroatoms. The van der Waals surface area contributed by atoms with Gasteiger partial charge in [0, 0.05) is 9.52 Å². The lowest BCUT2D eigenvalue weighted by Gasteiger charge is -2.09. The number of hydrogen-bond donors (Lipinski definition) is 0. The summed E-state index contributed by atoms with van der Waals surface area (Å²) in [5.74, 6) is 0. The number of hydrogen-bond acceptors (Lipinski definition) is 1. The van der Waals surface area contributed by atoms with Crippen molar-refractivity contribution in [2.75, 3.05) is 19.8 Å². The SMILES string of the molecule is CCN(C)C[SiH2]C. The Bertz CT molecular complexity index is 39.1. The smallest absolute Gasteiger partial charge is 0.0338 e. The van der Waals surface area contributed by atoms with Crippen LogP contribution >= 0.6 is 0 Å². The molecule has 0 aliphatic heterocycles. The van der Waals surface area contributed by atoms with Crippen molar-refractivity contribution in [1.29, 1.82) is 0 Å². The molecular weight excluding hydrogens is 102 g/mol. The molecule has 0 aliphatic carbocycles. The molecule has 0 bridgehead atoms. The van der Waals surface area contributed by atoms with Gasteiger partial charge < -0.3 is 4.90 Å². The monoisotopic (exact) mass is 117 g/mol. The molecule has 0 spiro atoms. The maximum absolute atomic E-state index is 2.37. The van der Waals surface area contributed by atoms with Crippen molar-refractivity contribution in [3.8, 4) is 0 Å². The lowest BCUT2D eigenvalue weighted by molar-refractivity contribution is 0.410. The zero-order valence-corrected chi connectivity index (χ0v) is 6.98. The first-order valence-corrected chi connectivity index (χ1v) is 5.41. The fraction of sp³-hybridized carbons (Fsp3) is 1.00. The van der Waals surface area contributed by atoms with E-state index in [2.05, 4.69) is 25.4 Å². The van der Waals surface area contributed by atoms with Crippen molar-refractivity contribution in [2.45, 2.75) is 13.5 Å². The summed E-state index contributed by atoms with van der Waals surface area (Å²) in [6.45, 7) is 5.75. The minimum atomic E-state index is 0.281. The lowest BCUT2D eigenvalue weighted by atomic mass is 10.7. The van der Waals surface area contributed by atoms with Gasteiger partial charge >= 0.3 is 0 Å². The van der Waals surface area contributed by atoms with Crippen LogP contribution in [-0.2, 0) is 0 Å². The highest BCUT2D eigenvalue weighted by atomic mass is 28.2. The second kappa shape index (κ2) is 4.34. The lowest BCUT2D eigenvalue weighted by Crippen LogP contribution is -2.21. The third kappa shape index (κ3) is 4.02. The molecule has 7 heavy (non-hydrogen) atoms. The quantitative estimate of drug-likeness (QED) is 0.474. The molecule has 0 radical (unpaired) electrons.